The Morgan fingerprint density at radius 1 is 1.29 bits per heavy atom. The van der Waals surface area contributed by atoms with Crippen LogP contribution in [0.5, 0.6) is 11.8 Å². The summed E-state index contributed by atoms with van der Waals surface area (Å²) in [6, 6.07) is 5.25. The SMILES string of the molecule is Cc1cc(C(=O)O)nc(Oc2cc([N+](=O)[O-])ccc2C)n1. The van der Waals surface area contributed by atoms with Gasteiger partial charge in [0, 0.05) is 11.8 Å². The van der Waals surface area contributed by atoms with Gasteiger partial charge in [0.05, 0.1) is 11.0 Å². The van der Waals surface area contributed by atoms with Crippen molar-refractivity contribution >= 4 is 11.7 Å². The predicted molar refractivity (Wildman–Crippen MR) is 71.6 cm³/mol. The molecule has 0 saturated heterocycles. The molecule has 0 aliphatic carbocycles. The molecule has 1 aromatic heterocycles. The van der Waals surface area contributed by atoms with Crippen molar-refractivity contribution in [3.8, 4) is 11.8 Å². The first kappa shape index (κ1) is 14.4. The summed E-state index contributed by atoms with van der Waals surface area (Å²) in [4.78, 5) is 28.8. The number of aromatic carboxylic acids is 1. The number of rotatable bonds is 4. The summed E-state index contributed by atoms with van der Waals surface area (Å²) in [5.74, 6) is -1.01. The van der Waals surface area contributed by atoms with Crippen molar-refractivity contribution in [3.05, 3.63) is 51.3 Å². The van der Waals surface area contributed by atoms with E-state index in [1.54, 1.807) is 13.8 Å². The molecule has 1 aromatic carbocycles. The molecule has 0 bridgehead atoms. The lowest BCUT2D eigenvalue weighted by atomic mass is 10.2. The lowest BCUT2D eigenvalue weighted by Gasteiger charge is -2.08. The number of carboxylic acids is 1. The number of hydrogen-bond donors (Lipinski definition) is 1. The first-order chi connectivity index (χ1) is 9.86. The summed E-state index contributed by atoms with van der Waals surface area (Å²) >= 11 is 0. The summed E-state index contributed by atoms with van der Waals surface area (Å²) in [6.45, 7) is 3.30. The molecular weight excluding hydrogens is 278 g/mol. The zero-order chi connectivity index (χ0) is 15.6. The second kappa shape index (κ2) is 5.53. The molecule has 108 valence electrons. The highest BCUT2D eigenvalue weighted by Gasteiger charge is 2.14. The van der Waals surface area contributed by atoms with Gasteiger partial charge in [0.25, 0.3) is 5.69 Å². The van der Waals surface area contributed by atoms with Gasteiger partial charge in [-0.25, -0.2) is 9.78 Å². The quantitative estimate of drug-likeness (QED) is 0.678. The number of carbonyl (C=O) groups is 1. The van der Waals surface area contributed by atoms with Crippen LogP contribution in [-0.2, 0) is 0 Å². The van der Waals surface area contributed by atoms with Crippen LogP contribution in [0.25, 0.3) is 0 Å². The Kier molecular flexibility index (Phi) is 3.79. The number of aryl methyl sites for hydroxylation is 2. The molecular formula is C13H11N3O5. The predicted octanol–water partition coefficient (Wildman–Crippen LogP) is 2.49. The van der Waals surface area contributed by atoms with Crippen molar-refractivity contribution in [2.75, 3.05) is 0 Å². The minimum absolute atomic E-state index is 0.137. The molecule has 0 atom stereocenters. The van der Waals surface area contributed by atoms with Gasteiger partial charge in [-0.2, -0.15) is 4.98 Å². The van der Waals surface area contributed by atoms with Crippen LogP contribution in [-0.4, -0.2) is 26.0 Å². The van der Waals surface area contributed by atoms with Crippen LogP contribution in [0.3, 0.4) is 0 Å². The van der Waals surface area contributed by atoms with E-state index < -0.39 is 10.9 Å². The Labute approximate surface area is 119 Å². The van der Waals surface area contributed by atoms with E-state index in [9.17, 15) is 14.9 Å². The zero-order valence-corrected chi connectivity index (χ0v) is 11.2. The minimum Gasteiger partial charge on any atom is -0.477 e. The molecule has 1 N–H and O–H groups in total. The van der Waals surface area contributed by atoms with Gasteiger partial charge in [-0.05, 0) is 31.5 Å². The number of hydrogen-bond acceptors (Lipinski definition) is 6. The molecule has 0 amide bonds. The van der Waals surface area contributed by atoms with Crippen LogP contribution in [0, 0.1) is 24.0 Å². The highest BCUT2D eigenvalue weighted by atomic mass is 16.6. The summed E-state index contributed by atoms with van der Waals surface area (Å²) in [5.41, 5.74) is 0.713. The maximum absolute atomic E-state index is 10.9. The second-order valence-electron chi connectivity index (χ2n) is 4.29. The zero-order valence-electron chi connectivity index (χ0n) is 11.2. The molecule has 0 aliphatic rings. The van der Waals surface area contributed by atoms with E-state index in [0.29, 0.717) is 11.3 Å². The summed E-state index contributed by atoms with van der Waals surface area (Å²) in [7, 11) is 0. The maximum atomic E-state index is 10.9. The Hall–Kier alpha value is -3.03. The molecule has 2 rings (SSSR count). The molecule has 0 saturated carbocycles. The lowest BCUT2D eigenvalue weighted by molar-refractivity contribution is -0.384. The smallest absolute Gasteiger partial charge is 0.354 e. The van der Waals surface area contributed by atoms with Crippen molar-refractivity contribution in [2.45, 2.75) is 13.8 Å². The van der Waals surface area contributed by atoms with Crippen LogP contribution < -0.4 is 4.74 Å². The van der Waals surface area contributed by atoms with Crippen LogP contribution in [0.2, 0.25) is 0 Å². The topological polar surface area (TPSA) is 115 Å². The molecule has 1 heterocycles. The van der Waals surface area contributed by atoms with Crippen molar-refractivity contribution < 1.29 is 19.6 Å². The third-order valence-corrected chi connectivity index (χ3v) is 2.64. The van der Waals surface area contributed by atoms with E-state index in [4.69, 9.17) is 9.84 Å². The molecule has 0 aliphatic heterocycles. The summed E-state index contributed by atoms with van der Waals surface area (Å²) in [6.07, 6.45) is 0. The Morgan fingerprint density at radius 2 is 2.00 bits per heavy atom. The van der Waals surface area contributed by atoms with Gasteiger partial charge in [0.2, 0.25) is 0 Å². The largest absolute Gasteiger partial charge is 0.477 e. The van der Waals surface area contributed by atoms with Gasteiger partial charge >= 0.3 is 12.0 Å². The number of nitro groups is 1. The first-order valence-electron chi connectivity index (χ1n) is 5.88. The number of non-ortho nitro benzene ring substituents is 1. The third-order valence-electron chi connectivity index (χ3n) is 2.64. The number of carboxylic acid groups (broad SMARTS) is 1. The Morgan fingerprint density at radius 3 is 2.62 bits per heavy atom. The third kappa shape index (κ3) is 3.30. The van der Waals surface area contributed by atoms with Crippen molar-refractivity contribution in [1.29, 1.82) is 0 Å². The summed E-state index contributed by atoms with van der Waals surface area (Å²) < 4.78 is 5.38. The lowest BCUT2D eigenvalue weighted by Crippen LogP contribution is -2.04. The van der Waals surface area contributed by atoms with Crippen molar-refractivity contribution in [3.63, 3.8) is 0 Å². The van der Waals surface area contributed by atoms with Gasteiger partial charge in [-0.3, -0.25) is 10.1 Å². The average molecular weight is 289 g/mol. The molecule has 0 unspecified atom stereocenters. The van der Waals surface area contributed by atoms with Gasteiger partial charge in [0.1, 0.15) is 5.75 Å². The molecule has 2 aromatic rings. The standard InChI is InChI=1S/C13H11N3O5/c1-7-3-4-9(16(19)20)6-11(7)21-13-14-8(2)5-10(15-13)12(17)18/h3-6H,1-2H3,(H,17,18). The molecule has 8 heteroatoms. The first-order valence-corrected chi connectivity index (χ1v) is 5.88. The fourth-order valence-electron chi connectivity index (χ4n) is 1.61. The fourth-order valence-corrected chi connectivity index (χ4v) is 1.61. The van der Waals surface area contributed by atoms with Crippen molar-refractivity contribution in [1.82, 2.24) is 9.97 Å². The van der Waals surface area contributed by atoms with E-state index in [1.165, 1.54) is 24.3 Å². The molecule has 0 fully saturated rings. The number of ether oxygens (including phenoxy) is 1. The number of nitro benzene ring substituents is 1. The van der Waals surface area contributed by atoms with E-state index in [-0.39, 0.29) is 23.1 Å². The second-order valence-corrected chi connectivity index (χ2v) is 4.29. The number of benzene rings is 1. The van der Waals surface area contributed by atoms with Crippen LogP contribution in [0.1, 0.15) is 21.7 Å². The van der Waals surface area contributed by atoms with Gasteiger partial charge in [0.15, 0.2) is 5.69 Å². The molecule has 21 heavy (non-hydrogen) atoms. The highest BCUT2D eigenvalue weighted by Crippen LogP contribution is 2.27. The summed E-state index contributed by atoms with van der Waals surface area (Å²) in [5, 5.41) is 19.7. The molecule has 0 spiro atoms. The van der Waals surface area contributed by atoms with Crippen LogP contribution in [0.15, 0.2) is 24.3 Å². The highest BCUT2D eigenvalue weighted by molar-refractivity contribution is 5.85. The van der Waals surface area contributed by atoms with Gasteiger partial charge < -0.3 is 9.84 Å². The Bertz CT molecular complexity index is 730. The Balaban J connectivity index is 2.40. The average Bonchev–Trinajstić information content (AvgIpc) is 2.40. The molecule has 0 radical (unpaired) electrons. The number of aromatic nitrogens is 2. The maximum Gasteiger partial charge on any atom is 0.354 e. The van der Waals surface area contributed by atoms with Crippen LogP contribution in [0.4, 0.5) is 5.69 Å². The van der Waals surface area contributed by atoms with Crippen LogP contribution >= 0.6 is 0 Å². The van der Waals surface area contributed by atoms with E-state index in [1.807, 2.05) is 0 Å². The minimum atomic E-state index is -1.21. The normalized spacial score (nSPS) is 10.2. The van der Waals surface area contributed by atoms with E-state index in [2.05, 4.69) is 9.97 Å². The number of nitrogens with zero attached hydrogens (tertiary/aromatic N) is 3. The van der Waals surface area contributed by atoms with E-state index >= 15 is 0 Å². The van der Waals surface area contributed by atoms with Gasteiger partial charge in [-0.15, -0.1) is 0 Å². The fraction of sp³-hybridized carbons (Fsp3) is 0.154. The molecule has 8 nitrogen and oxygen atoms in total. The monoisotopic (exact) mass is 289 g/mol. The van der Waals surface area contributed by atoms with E-state index in [0.717, 1.165) is 0 Å². The van der Waals surface area contributed by atoms with Gasteiger partial charge in [-0.1, -0.05) is 0 Å². The van der Waals surface area contributed by atoms with Crippen molar-refractivity contribution in [2.24, 2.45) is 0 Å².